The van der Waals surface area contributed by atoms with Gasteiger partial charge in [-0.3, -0.25) is 9.08 Å². The molecule has 0 N–H and O–H groups in total. The first-order valence-corrected chi connectivity index (χ1v) is 8.21. The highest BCUT2D eigenvalue weighted by Gasteiger charge is 2.65. The Hall–Kier alpha value is -0.860. The number of amides is 1. The SMILES string of the molecule is CCOC(=O)N1C2CC(OS(C)(=O)=O)CC1C1OC12. The van der Waals surface area contributed by atoms with Crippen molar-refractivity contribution in [2.24, 2.45) is 0 Å². The van der Waals surface area contributed by atoms with Crippen molar-refractivity contribution in [3.8, 4) is 0 Å². The van der Waals surface area contributed by atoms with Crippen LogP contribution in [-0.4, -0.2) is 62.7 Å². The molecule has 3 aliphatic heterocycles. The molecule has 3 aliphatic rings. The summed E-state index contributed by atoms with van der Waals surface area (Å²) in [5.41, 5.74) is 0. The average Bonchev–Trinajstić information content (AvgIpc) is 3.01. The van der Waals surface area contributed by atoms with Crippen LogP contribution in [0.4, 0.5) is 4.79 Å². The van der Waals surface area contributed by atoms with Crippen molar-refractivity contribution in [3.05, 3.63) is 0 Å². The number of morpholine rings is 1. The summed E-state index contributed by atoms with van der Waals surface area (Å²) in [6.45, 7) is 2.09. The molecule has 0 aromatic carbocycles. The lowest BCUT2D eigenvalue weighted by Gasteiger charge is -2.39. The van der Waals surface area contributed by atoms with E-state index in [9.17, 15) is 13.2 Å². The average molecular weight is 291 g/mol. The topological polar surface area (TPSA) is 85.4 Å². The zero-order valence-electron chi connectivity index (χ0n) is 10.8. The molecule has 0 radical (unpaired) electrons. The summed E-state index contributed by atoms with van der Waals surface area (Å²) < 4.78 is 38.0. The largest absolute Gasteiger partial charge is 0.450 e. The summed E-state index contributed by atoms with van der Waals surface area (Å²) in [7, 11) is -3.47. The summed E-state index contributed by atoms with van der Waals surface area (Å²) in [5, 5.41) is 0. The van der Waals surface area contributed by atoms with Crippen LogP contribution < -0.4 is 0 Å². The first-order chi connectivity index (χ1) is 8.90. The molecule has 4 atom stereocenters. The van der Waals surface area contributed by atoms with Crippen molar-refractivity contribution in [3.63, 3.8) is 0 Å². The molecule has 0 spiro atoms. The number of rotatable bonds is 3. The molecule has 3 fully saturated rings. The minimum absolute atomic E-state index is 0.0163. The van der Waals surface area contributed by atoms with Crippen molar-refractivity contribution in [1.82, 2.24) is 4.90 Å². The second kappa shape index (κ2) is 4.32. The van der Waals surface area contributed by atoms with Crippen LogP contribution in [0.1, 0.15) is 19.8 Å². The lowest BCUT2D eigenvalue weighted by Crippen LogP contribution is -2.52. The van der Waals surface area contributed by atoms with E-state index in [0.29, 0.717) is 19.4 Å². The van der Waals surface area contributed by atoms with E-state index in [-0.39, 0.29) is 36.5 Å². The second-order valence-corrected chi connectivity index (χ2v) is 6.80. The molecule has 1 amide bonds. The highest BCUT2D eigenvalue weighted by atomic mass is 32.2. The Morgan fingerprint density at radius 3 is 2.37 bits per heavy atom. The Kier molecular flexibility index (Phi) is 2.99. The molecule has 4 unspecified atom stereocenters. The van der Waals surface area contributed by atoms with Gasteiger partial charge in [-0.2, -0.15) is 8.42 Å². The van der Waals surface area contributed by atoms with Crippen molar-refractivity contribution in [2.75, 3.05) is 12.9 Å². The molecule has 3 heterocycles. The van der Waals surface area contributed by atoms with E-state index < -0.39 is 10.1 Å². The molecule has 3 saturated heterocycles. The fraction of sp³-hybridized carbons (Fsp3) is 0.909. The van der Waals surface area contributed by atoms with E-state index in [1.807, 2.05) is 0 Å². The molecule has 0 aromatic rings. The minimum atomic E-state index is -3.47. The van der Waals surface area contributed by atoms with Gasteiger partial charge in [0.1, 0.15) is 12.2 Å². The van der Waals surface area contributed by atoms with E-state index in [0.717, 1.165) is 6.26 Å². The van der Waals surface area contributed by atoms with Gasteiger partial charge in [-0.15, -0.1) is 0 Å². The van der Waals surface area contributed by atoms with Gasteiger partial charge in [0.15, 0.2) is 0 Å². The van der Waals surface area contributed by atoms with Crippen molar-refractivity contribution in [1.29, 1.82) is 0 Å². The van der Waals surface area contributed by atoms with Gasteiger partial charge in [-0.25, -0.2) is 4.79 Å². The normalized spacial score (nSPS) is 39.9. The van der Waals surface area contributed by atoms with Crippen LogP contribution in [0.25, 0.3) is 0 Å². The molecule has 7 nitrogen and oxygen atoms in total. The van der Waals surface area contributed by atoms with E-state index in [1.54, 1.807) is 11.8 Å². The zero-order valence-corrected chi connectivity index (χ0v) is 11.6. The highest BCUT2D eigenvalue weighted by molar-refractivity contribution is 7.86. The van der Waals surface area contributed by atoms with Crippen molar-refractivity contribution >= 4 is 16.2 Å². The lowest BCUT2D eigenvalue weighted by atomic mass is 9.99. The summed E-state index contributed by atoms with van der Waals surface area (Å²) in [6, 6.07) is -0.260. The zero-order chi connectivity index (χ0) is 13.8. The van der Waals surface area contributed by atoms with Crippen LogP contribution in [0.2, 0.25) is 0 Å². The third-order valence-corrected chi connectivity index (χ3v) is 4.45. The van der Waals surface area contributed by atoms with E-state index in [1.165, 1.54) is 0 Å². The predicted octanol–water partition coefficient (Wildman–Crippen LogP) is 0.102. The van der Waals surface area contributed by atoms with E-state index >= 15 is 0 Å². The summed E-state index contributed by atoms with van der Waals surface area (Å²) in [5.74, 6) is 0. The molecular weight excluding hydrogens is 274 g/mol. The molecular formula is C11H17NO6S. The lowest BCUT2D eigenvalue weighted by molar-refractivity contribution is -0.00260. The Morgan fingerprint density at radius 2 is 1.89 bits per heavy atom. The molecule has 3 rings (SSSR count). The Morgan fingerprint density at radius 1 is 1.32 bits per heavy atom. The van der Waals surface area contributed by atoms with E-state index in [2.05, 4.69) is 0 Å². The molecule has 19 heavy (non-hydrogen) atoms. The van der Waals surface area contributed by atoms with Crippen LogP contribution in [0.3, 0.4) is 0 Å². The van der Waals surface area contributed by atoms with Gasteiger partial charge in [0.25, 0.3) is 10.1 Å². The maximum atomic E-state index is 11.9. The summed E-state index contributed by atoms with van der Waals surface area (Å²) in [6.07, 6.45) is 1.32. The van der Waals surface area contributed by atoms with Crippen LogP contribution in [-0.2, 0) is 23.8 Å². The van der Waals surface area contributed by atoms with Gasteiger partial charge in [-0.05, 0) is 19.8 Å². The quantitative estimate of drug-likeness (QED) is 0.541. The minimum Gasteiger partial charge on any atom is -0.450 e. The number of fused-ring (bicyclic) bond motifs is 5. The van der Waals surface area contributed by atoms with Crippen molar-refractivity contribution < 1.29 is 26.9 Å². The molecule has 108 valence electrons. The summed E-state index contributed by atoms with van der Waals surface area (Å²) in [4.78, 5) is 13.6. The first-order valence-electron chi connectivity index (χ1n) is 6.39. The van der Waals surface area contributed by atoms with Gasteiger partial charge in [-0.1, -0.05) is 0 Å². The number of ether oxygens (including phenoxy) is 2. The van der Waals surface area contributed by atoms with Crippen LogP contribution in [0.5, 0.6) is 0 Å². The molecule has 0 aromatic heterocycles. The fourth-order valence-corrected chi connectivity index (χ4v) is 3.89. The maximum Gasteiger partial charge on any atom is 0.410 e. The van der Waals surface area contributed by atoms with E-state index in [4.69, 9.17) is 13.7 Å². The number of carbonyl (C=O) groups excluding carboxylic acids is 1. The molecule has 2 bridgehead atoms. The second-order valence-electron chi connectivity index (χ2n) is 5.20. The molecule has 8 heteroatoms. The van der Waals surface area contributed by atoms with Gasteiger partial charge in [0.2, 0.25) is 0 Å². The molecule has 0 saturated carbocycles. The maximum absolute atomic E-state index is 11.9. The number of epoxide rings is 1. The van der Waals surface area contributed by atoms with Crippen molar-refractivity contribution in [2.45, 2.75) is 50.2 Å². The fourth-order valence-electron chi connectivity index (χ4n) is 3.24. The first kappa shape index (κ1) is 13.1. The van der Waals surface area contributed by atoms with Gasteiger partial charge >= 0.3 is 6.09 Å². The highest BCUT2D eigenvalue weighted by Crippen LogP contribution is 2.49. The van der Waals surface area contributed by atoms with Gasteiger partial charge in [0, 0.05) is 0 Å². The third kappa shape index (κ3) is 2.32. The Bertz CT molecular complexity index is 473. The van der Waals surface area contributed by atoms with Crippen LogP contribution >= 0.6 is 0 Å². The number of hydrogen-bond donors (Lipinski definition) is 0. The Balaban J connectivity index is 1.72. The van der Waals surface area contributed by atoms with Crippen LogP contribution in [0.15, 0.2) is 0 Å². The number of hydrogen-bond acceptors (Lipinski definition) is 6. The number of nitrogens with zero attached hydrogens (tertiary/aromatic N) is 1. The standard InChI is InChI=1S/C11H17NO6S/c1-3-16-11(13)12-7-4-6(18-19(2,14)15)5-8(12)10-9(7)17-10/h6-10H,3-5H2,1-2H3. The predicted molar refractivity (Wildman–Crippen MR) is 64.0 cm³/mol. The number of carbonyl (C=O) groups is 1. The van der Waals surface area contributed by atoms with Gasteiger partial charge in [0.05, 0.1) is 31.1 Å². The van der Waals surface area contributed by atoms with Crippen LogP contribution in [0, 0.1) is 0 Å². The van der Waals surface area contributed by atoms with Gasteiger partial charge < -0.3 is 9.47 Å². The third-order valence-electron chi connectivity index (χ3n) is 3.83. The smallest absolute Gasteiger partial charge is 0.410 e. The Labute approximate surface area is 111 Å². The summed E-state index contributed by atoms with van der Waals surface area (Å²) >= 11 is 0. The molecule has 0 aliphatic carbocycles. The monoisotopic (exact) mass is 291 g/mol. The number of piperidine rings is 1.